The average molecular weight is 286 g/mol. The molecule has 5 nitrogen and oxygen atoms in total. The Morgan fingerprint density at radius 3 is 2.57 bits per heavy atom. The van der Waals surface area contributed by atoms with Crippen molar-refractivity contribution in [3.8, 4) is 5.75 Å². The summed E-state index contributed by atoms with van der Waals surface area (Å²) in [6.07, 6.45) is 0.482. The number of hydrogen-bond acceptors (Lipinski definition) is 4. The average Bonchev–Trinajstić information content (AvgIpc) is 2.49. The number of nitrogens with zero attached hydrogens (tertiary/aromatic N) is 1. The molecule has 21 heavy (non-hydrogen) atoms. The zero-order valence-electron chi connectivity index (χ0n) is 11.9. The SMILES string of the molecule is Cc1cccc(CN)c1OCCc1ccccc1[N+](=O)[O-]. The number of nitro benzene ring substituents is 1. The Morgan fingerprint density at radius 2 is 1.86 bits per heavy atom. The monoisotopic (exact) mass is 286 g/mol. The molecule has 0 aliphatic heterocycles. The highest BCUT2D eigenvalue weighted by Gasteiger charge is 2.12. The summed E-state index contributed by atoms with van der Waals surface area (Å²) in [7, 11) is 0. The summed E-state index contributed by atoms with van der Waals surface area (Å²) in [5, 5.41) is 11.0. The third-order valence-electron chi connectivity index (χ3n) is 3.32. The molecule has 2 aromatic rings. The molecule has 0 saturated heterocycles. The zero-order valence-corrected chi connectivity index (χ0v) is 11.9. The Hall–Kier alpha value is -2.40. The topological polar surface area (TPSA) is 78.4 Å². The standard InChI is InChI=1S/C16H18N2O3/c1-12-5-4-7-14(11-17)16(12)21-10-9-13-6-2-3-8-15(13)18(19)20/h2-8H,9-11,17H2,1H3. The van der Waals surface area contributed by atoms with Crippen molar-refractivity contribution in [1.82, 2.24) is 0 Å². The molecular weight excluding hydrogens is 268 g/mol. The van der Waals surface area contributed by atoms with Crippen LogP contribution in [-0.4, -0.2) is 11.5 Å². The molecular formula is C16H18N2O3. The van der Waals surface area contributed by atoms with E-state index in [2.05, 4.69) is 0 Å². The normalized spacial score (nSPS) is 10.4. The molecule has 2 rings (SSSR count). The molecule has 0 unspecified atom stereocenters. The summed E-state index contributed by atoms with van der Waals surface area (Å²) >= 11 is 0. The van der Waals surface area contributed by atoms with E-state index in [9.17, 15) is 10.1 Å². The van der Waals surface area contributed by atoms with Crippen LogP contribution >= 0.6 is 0 Å². The van der Waals surface area contributed by atoms with Gasteiger partial charge in [0.25, 0.3) is 5.69 Å². The van der Waals surface area contributed by atoms with Gasteiger partial charge in [-0.15, -0.1) is 0 Å². The van der Waals surface area contributed by atoms with Crippen LogP contribution in [0.1, 0.15) is 16.7 Å². The second-order valence-electron chi connectivity index (χ2n) is 4.75. The molecule has 2 N–H and O–H groups in total. The first-order chi connectivity index (χ1) is 10.1. The van der Waals surface area contributed by atoms with Crippen LogP contribution in [0.3, 0.4) is 0 Å². The number of benzene rings is 2. The van der Waals surface area contributed by atoms with E-state index in [1.54, 1.807) is 18.2 Å². The van der Waals surface area contributed by atoms with Gasteiger partial charge in [-0.3, -0.25) is 10.1 Å². The summed E-state index contributed by atoms with van der Waals surface area (Å²) in [5.41, 5.74) is 8.45. The third kappa shape index (κ3) is 3.58. The predicted molar refractivity (Wildman–Crippen MR) is 81.4 cm³/mol. The number of ether oxygens (including phenoxy) is 1. The van der Waals surface area contributed by atoms with Gasteiger partial charge < -0.3 is 10.5 Å². The first-order valence-electron chi connectivity index (χ1n) is 6.77. The van der Waals surface area contributed by atoms with Gasteiger partial charge in [-0.1, -0.05) is 36.4 Å². The number of para-hydroxylation sites is 2. The lowest BCUT2D eigenvalue weighted by Crippen LogP contribution is -2.08. The first-order valence-corrected chi connectivity index (χ1v) is 6.77. The van der Waals surface area contributed by atoms with Gasteiger partial charge in [0, 0.05) is 30.2 Å². The molecule has 0 aliphatic carbocycles. The van der Waals surface area contributed by atoms with E-state index in [0.717, 1.165) is 16.9 Å². The predicted octanol–water partition coefficient (Wildman–Crippen LogP) is 2.98. The number of rotatable bonds is 6. The van der Waals surface area contributed by atoms with Crippen molar-refractivity contribution in [2.45, 2.75) is 19.9 Å². The summed E-state index contributed by atoms with van der Waals surface area (Å²) < 4.78 is 5.79. The molecule has 0 bridgehead atoms. The van der Waals surface area contributed by atoms with Crippen LogP contribution in [0, 0.1) is 17.0 Å². The van der Waals surface area contributed by atoms with E-state index < -0.39 is 0 Å². The minimum absolute atomic E-state index is 0.130. The van der Waals surface area contributed by atoms with Crippen LogP contribution in [0.4, 0.5) is 5.69 Å². The van der Waals surface area contributed by atoms with Gasteiger partial charge in [-0.2, -0.15) is 0 Å². The van der Waals surface area contributed by atoms with Crippen molar-refractivity contribution >= 4 is 5.69 Å². The van der Waals surface area contributed by atoms with Crippen LogP contribution in [0.5, 0.6) is 5.75 Å². The van der Waals surface area contributed by atoms with E-state index in [1.165, 1.54) is 6.07 Å². The van der Waals surface area contributed by atoms with Crippen LogP contribution in [0.2, 0.25) is 0 Å². The van der Waals surface area contributed by atoms with Crippen molar-refractivity contribution in [1.29, 1.82) is 0 Å². The zero-order chi connectivity index (χ0) is 15.2. The molecule has 0 spiro atoms. The Labute approximate surface area is 123 Å². The lowest BCUT2D eigenvalue weighted by molar-refractivity contribution is -0.385. The number of nitrogens with two attached hydrogens (primary N) is 1. The fraction of sp³-hybridized carbons (Fsp3) is 0.250. The fourth-order valence-corrected chi connectivity index (χ4v) is 2.24. The molecule has 0 atom stereocenters. The highest BCUT2D eigenvalue weighted by Crippen LogP contribution is 2.24. The van der Waals surface area contributed by atoms with Crippen molar-refractivity contribution < 1.29 is 9.66 Å². The Balaban J connectivity index is 2.07. The Morgan fingerprint density at radius 1 is 1.14 bits per heavy atom. The number of hydrogen-bond donors (Lipinski definition) is 1. The van der Waals surface area contributed by atoms with Gasteiger partial charge in [0.1, 0.15) is 5.75 Å². The van der Waals surface area contributed by atoms with E-state index in [0.29, 0.717) is 25.1 Å². The second kappa shape index (κ2) is 6.85. The smallest absolute Gasteiger partial charge is 0.272 e. The first kappa shape index (κ1) is 15.0. The molecule has 0 saturated carbocycles. The molecule has 0 radical (unpaired) electrons. The molecule has 0 aromatic heterocycles. The van der Waals surface area contributed by atoms with Crippen LogP contribution in [0.15, 0.2) is 42.5 Å². The van der Waals surface area contributed by atoms with Crippen molar-refractivity contribution in [3.05, 3.63) is 69.3 Å². The van der Waals surface area contributed by atoms with Gasteiger partial charge in [0.2, 0.25) is 0 Å². The minimum Gasteiger partial charge on any atom is -0.493 e. The van der Waals surface area contributed by atoms with Gasteiger partial charge in [-0.05, 0) is 12.5 Å². The molecule has 0 heterocycles. The van der Waals surface area contributed by atoms with Gasteiger partial charge in [0.15, 0.2) is 0 Å². The molecule has 0 fully saturated rings. The van der Waals surface area contributed by atoms with Gasteiger partial charge in [-0.25, -0.2) is 0 Å². The lowest BCUT2D eigenvalue weighted by atomic mass is 10.1. The second-order valence-corrected chi connectivity index (χ2v) is 4.75. The van der Waals surface area contributed by atoms with Crippen LogP contribution in [-0.2, 0) is 13.0 Å². The molecule has 5 heteroatoms. The number of nitro groups is 1. The lowest BCUT2D eigenvalue weighted by Gasteiger charge is -2.13. The van der Waals surface area contributed by atoms with Crippen molar-refractivity contribution in [3.63, 3.8) is 0 Å². The third-order valence-corrected chi connectivity index (χ3v) is 3.32. The number of aryl methyl sites for hydroxylation is 1. The quantitative estimate of drug-likeness (QED) is 0.654. The van der Waals surface area contributed by atoms with Gasteiger partial charge in [0.05, 0.1) is 11.5 Å². The largest absolute Gasteiger partial charge is 0.493 e. The van der Waals surface area contributed by atoms with Crippen molar-refractivity contribution in [2.75, 3.05) is 6.61 Å². The Kier molecular flexibility index (Phi) is 4.90. The molecule has 0 amide bonds. The molecule has 110 valence electrons. The Bertz CT molecular complexity index is 641. The highest BCUT2D eigenvalue weighted by atomic mass is 16.6. The molecule has 2 aromatic carbocycles. The molecule has 0 aliphatic rings. The minimum atomic E-state index is -0.367. The summed E-state index contributed by atoms with van der Waals surface area (Å²) in [6, 6.07) is 12.5. The van der Waals surface area contributed by atoms with Crippen LogP contribution in [0.25, 0.3) is 0 Å². The van der Waals surface area contributed by atoms with E-state index in [-0.39, 0.29) is 10.6 Å². The van der Waals surface area contributed by atoms with E-state index in [1.807, 2.05) is 25.1 Å². The summed E-state index contributed by atoms with van der Waals surface area (Å²) in [5.74, 6) is 0.776. The van der Waals surface area contributed by atoms with E-state index >= 15 is 0 Å². The maximum absolute atomic E-state index is 11.0. The van der Waals surface area contributed by atoms with Crippen molar-refractivity contribution in [2.24, 2.45) is 5.73 Å². The summed E-state index contributed by atoms with van der Waals surface area (Å²) in [6.45, 7) is 2.74. The van der Waals surface area contributed by atoms with E-state index in [4.69, 9.17) is 10.5 Å². The highest BCUT2D eigenvalue weighted by molar-refractivity contribution is 5.42. The summed E-state index contributed by atoms with van der Waals surface area (Å²) in [4.78, 5) is 10.6. The fourth-order valence-electron chi connectivity index (χ4n) is 2.24. The maximum Gasteiger partial charge on any atom is 0.272 e. The maximum atomic E-state index is 11.0. The van der Waals surface area contributed by atoms with Gasteiger partial charge >= 0.3 is 0 Å². The van der Waals surface area contributed by atoms with Crippen LogP contribution < -0.4 is 10.5 Å².